The minimum atomic E-state index is 0.687. The van der Waals surface area contributed by atoms with Crippen molar-refractivity contribution in [2.75, 3.05) is 28.2 Å². The largest absolute Gasteiger partial charge is 0.516 e. The van der Waals surface area contributed by atoms with Crippen molar-refractivity contribution >= 4 is 13.5 Å². The standard InChI is InChI=1S/C12H22B2N2/c1-15(2)13-9-11-7-5-6-8-12(11)10-14(13)16(3)4/h5-8,11-12H,9-10H2,1-4H3/q-1. The molecule has 1 fully saturated rings. The highest BCUT2D eigenvalue weighted by Gasteiger charge is 2.31. The summed E-state index contributed by atoms with van der Waals surface area (Å²) in [5.41, 5.74) is 0. The zero-order valence-electron chi connectivity index (χ0n) is 10.9. The summed E-state index contributed by atoms with van der Waals surface area (Å²) in [6, 6.07) is 0. The van der Waals surface area contributed by atoms with Gasteiger partial charge < -0.3 is 9.62 Å². The maximum atomic E-state index is 2.40. The van der Waals surface area contributed by atoms with Crippen LogP contribution in [0, 0.1) is 11.8 Å². The van der Waals surface area contributed by atoms with Gasteiger partial charge in [-0.05, 0) is 20.0 Å². The van der Waals surface area contributed by atoms with Gasteiger partial charge in [-0.25, -0.2) is 0 Å². The summed E-state index contributed by atoms with van der Waals surface area (Å²) in [4.78, 5) is 4.79. The van der Waals surface area contributed by atoms with E-state index in [0.29, 0.717) is 13.5 Å². The predicted molar refractivity (Wildman–Crippen MR) is 73.8 cm³/mol. The van der Waals surface area contributed by atoms with Gasteiger partial charge >= 0.3 is 0 Å². The van der Waals surface area contributed by atoms with Gasteiger partial charge in [0, 0.05) is 6.74 Å². The van der Waals surface area contributed by atoms with E-state index in [1.807, 2.05) is 0 Å². The Morgan fingerprint density at radius 1 is 1.06 bits per heavy atom. The Bertz CT molecular complexity index is 269. The summed E-state index contributed by atoms with van der Waals surface area (Å²) in [6.07, 6.45) is 11.8. The van der Waals surface area contributed by atoms with Crippen LogP contribution in [0.4, 0.5) is 0 Å². The van der Waals surface area contributed by atoms with E-state index >= 15 is 0 Å². The molecule has 4 heteroatoms. The second kappa shape index (κ2) is 4.80. The fourth-order valence-electron chi connectivity index (χ4n) is 3.19. The third kappa shape index (κ3) is 2.28. The Morgan fingerprint density at radius 2 is 1.69 bits per heavy atom. The molecule has 0 aromatic carbocycles. The molecule has 2 nitrogen and oxygen atoms in total. The van der Waals surface area contributed by atoms with Crippen LogP contribution in [-0.2, 0) is 0 Å². The Balaban J connectivity index is 2.14. The van der Waals surface area contributed by atoms with Crippen LogP contribution < -0.4 is 0 Å². The third-order valence-corrected chi connectivity index (χ3v) is 4.18. The van der Waals surface area contributed by atoms with Gasteiger partial charge in [0.1, 0.15) is 0 Å². The van der Waals surface area contributed by atoms with Crippen molar-refractivity contribution in [3.05, 3.63) is 24.3 Å². The summed E-state index contributed by atoms with van der Waals surface area (Å²) in [5, 5.41) is 0. The lowest BCUT2D eigenvalue weighted by Crippen LogP contribution is -2.59. The van der Waals surface area contributed by atoms with Gasteiger partial charge in [0.2, 0.25) is 0 Å². The first-order chi connectivity index (χ1) is 7.59. The number of fused-ring (bicyclic) bond motifs is 1. The van der Waals surface area contributed by atoms with E-state index in [4.69, 9.17) is 0 Å². The molecule has 1 aliphatic heterocycles. The van der Waals surface area contributed by atoms with E-state index in [2.05, 4.69) is 62.1 Å². The third-order valence-electron chi connectivity index (χ3n) is 4.18. The molecule has 0 aromatic heterocycles. The summed E-state index contributed by atoms with van der Waals surface area (Å²) in [7, 11) is 8.85. The Labute approximate surface area is 101 Å². The fraction of sp³-hybridized carbons (Fsp3) is 0.667. The molecule has 0 bridgehead atoms. The Kier molecular flexibility index (Phi) is 3.60. The lowest BCUT2D eigenvalue weighted by Gasteiger charge is -2.52. The molecule has 16 heavy (non-hydrogen) atoms. The van der Waals surface area contributed by atoms with Crippen LogP contribution in [0.15, 0.2) is 24.3 Å². The average molecular weight is 216 g/mol. The average Bonchev–Trinajstić information content (AvgIpc) is 2.27. The van der Waals surface area contributed by atoms with Crippen LogP contribution >= 0.6 is 0 Å². The van der Waals surface area contributed by atoms with Gasteiger partial charge in [-0.15, -0.1) is 0 Å². The number of allylic oxidation sites excluding steroid dienone is 4. The molecule has 2 unspecified atom stereocenters. The molecular formula is C12H22B2N2-. The van der Waals surface area contributed by atoms with E-state index < -0.39 is 0 Å². The SMILES string of the molecule is CN(C)B1CC2C=CC=CC2C[B-]1N(C)C. The molecule has 1 heterocycles. The van der Waals surface area contributed by atoms with Gasteiger partial charge in [-0.2, -0.15) is 6.32 Å². The van der Waals surface area contributed by atoms with Gasteiger partial charge in [-0.3, -0.25) is 0 Å². The highest BCUT2D eigenvalue weighted by atomic mass is 15.0. The van der Waals surface area contributed by atoms with Crippen LogP contribution in [0.2, 0.25) is 12.6 Å². The lowest BCUT2D eigenvalue weighted by molar-refractivity contribution is 0.493. The zero-order chi connectivity index (χ0) is 11.7. The molecule has 1 radical (unpaired) electrons. The monoisotopic (exact) mass is 216 g/mol. The predicted octanol–water partition coefficient (Wildman–Crippen LogP) is 1.54. The van der Waals surface area contributed by atoms with Crippen molar-refractivity contribution in [2.45, 2.75) is 12.6 Å². The summed E-state index contributed by atoms with van der Waals surface area (Å²) >= 11 is 0. The van der Waals surface area contributed by atoms with E-state index in [-0.39, 0.29) is 0 Å². The highest BCUT2D eigenvalue weighted by molar-refractivity contribution is 7.20. The smallest absolute Gasteiger partial charge is 0.0340 e. The maximum Gasteiger partial charge on any atom is 0.0340 e. The minimum Gasteiger partial charge on any atom is -0.516 e. The molecule has 2 rings (SSSR count). The molecular weight excluding hydrogens is 194 g/mol. The Hall–Kier alpha value is -0.470. The first-order valence-corrected chi connectivity index (χ1v) is 6.27. The molecule has 0 spiro atoms. The summed E-state index contributed by atoms with van der Waals surface area (Å²) in [6.45, 7) is 1.37. The van der Waals surface area contributed by atoms with Crippen molar-refractivity contribution in [1.29, 1.82) is 0 Å². The maximum absolute atomic E-state index is 2.40. The zero-order valence-corrected chi connectivity index (χ0v) is 10.9. The quantitative estimate of drug-likeness (QED) is 0.646. The fourth-order valence-corrected chi connectivity index (χ4v) is 3.19. The van der Waals surface area contributed by atoms with Crippen molar-refractivity contribution in [1.82, 2.24) is 9.62 Å². The molecule has 1 saturated heterocycles. The number of rotatable bonds is 2. The summed E-state index contributed by atoms with van der Waals surface area (Å²) < 4.78 is 0. The molecule has 87 valence electrons. The number of nitrogens with zero attached hydrogens (tertiary/aromatic N) is 2. The van der Waals surface area contributed by atoms with Crippen LogP contribution in [0.25, 0.3) is 0 Å². The number of hydrogen-bond acceptors (Lipinski definition) is 2. The summed E-state index contributed by atoms with van der Waals surface area (Å²) in [5.74, 6) is 1.52. The highest BCUT2D eigenvalue weighted by Crippen LogP contribution is 2.35. The van der Waals surface area contributed by atoms with Crippen LogP contribution in [0.5, 0.6) is 0 Å². The molecule has 0 N–H and O–H groups in total. The van der Waals surface area contributed by atoms with E-state index in [0.717, 1.165) is 11.8 Å². The molecule has 2 aliphatic rings. The van der Waals surface area contributed by atoms with Crippen LogP contribution in [0.3, 0.4) is 0 Å². The van der Waals surface area contributed by atoms with Gasteiger partial charge in [0.15, 0.2) is 0 Å². The van der Waals surface area contributed by atoms with E-state index in [1.165, 1.54) is 12.6 Å². The normalized spacial score (nSPS) is 30.2. The van der Waals surface area contributed by atoms with Crippen LogP contribution in [0.1, 0.15) is 0 Å². The van der Waals surface area contributed by atoms with Gasteiger partial charge in [-0.1, -0.05) is 57.4 Å². The molecule has 0 amide bonds. The van der Waals surface area contributed by atoms with Crippen molar-refractivity contribution < 1.29 is 0 Å². The topological polar surface area (TPSA) is 6.48 Å². The first-order valence-electron chi connectivity index (χ1n) is 6.27. The minimum absolute atomic E-state index is 0.687. The molecule has 1 aliphatic carbocycles. The number of hydrogen-bond donors (Lipinski definition) is 0. The molecule has 0 saturated carbocycles. The van der Waals surface area contributed by atoms with Crippen molar-refractivity contribution in [2.24, 2.45) is 11.8 Å². The van der Waals surface area contributed by atoms with E-state index in [9.17, 15) is 0 Å². The van der Waals surface area contributed by atoms with Crippen molar-refractivity contribution in [3.8, 4) is 0 Å². The Morgan fingerprint density at radius 3 is 2.25 bits per heavy atom. The second-order valence-electron chi connectivity index (χ2n) is 5.63. The lowest BCUT2D eigenvalue weighted by atomic mass is 9.12. The van der Waals surface area contributed by atoms with E-state index in [1.54, 1.807) is 0 Å². The van der Waals surface area contributed by atoms with Crippen LogP contribution in [-0.4, -0.2) is 51.3 Å². The second-order valence-corrected chi connectivity index (χ2v) is 5.63. The molecule has 2 atom stereocenters. The van der Waals surface area contributed by atoms with Crippen molar-refractivity contribution in [3.63, 3.8) is 0 Å². The van der Waals surface area contributed by atoms with Gasteiger partial charge in [0.25, 0.3) is 0 Å². The molecule has 0 aromatic rings. The van der Waals surface area contributed by atoms with Gasteiger partial charge in [0.05, 0.1) is 0 Å². The first kappa shape index (κ1) is 12.0.